The summed E-state index contributed by atoms with van der Waals surface area (Å²) >= 11 is 0. The van der Waals surface area contributed by atoms with E-state index in [2.05, 4.69) is 10.6 Å². The summed E-state index contributed by atoms with van der Waals surface area (Å²) in [6, 6.07) is -0.129. The van der Waals surface area contributed by atoms with Gasteiger partial charge in [-0.15, -0.1) is 0 Å². The summed E-state index contributed by atoms with van der Waals surface area (Å²) in [4.78, 5) is 0. The zero-order valence-corrected chi connectivity index (χ0v) is 17.5. The molecule has 3 aliphatic rings. The number of aliphatic hydroxyl groups is 3. The van der Waals surface area contributed by atoms with Gasteiger partial charge in [0, 0.05) is 12.1 Å². The van der Waals surface area contributed by atoms with Crippen LogP contribution in [-0.4, -0.2) is 76.8 Å². The summed E-state index contributed by atoms with van der Waals surface area (Å²) in [5.74, 6) is -0.497. The Balaban J connectivity index is 1.34. The minimum Gasteiger partial charge on any atom is -0.395 e. The molecular formula is C21H40N2O5. The highest BCUT2D eigenvalue weighted by molar-refractivity contribution is 4.97. The highest BCUT2D eigenvalue weighted by Gasteiger charge is 2.44. The molecule has 0 spiro atoms. The Morgan fingerprint density at radius 1 is 0.929 bits per heavy atom. The Morgan fingerprint density at radius 2 is 1.64 bits per heavy atom. The van der Waals surface area contributed by atoms with Gasteiger partial charge in [0.15, 0.2) is 5.79 Å². The number of ether oxygens (including phenoxy) is 2. The Kier molecular flexibility index (Phi) is 8.13. The van der Waals surface area contributed by atoms with Gasteiger partial charge in [-0.1, -0.05) is 32.1 Å². The molecule has 5 N–H and O–H groups in total. The molecule has 0 aromatic heterocycles. The van der Waals surface area contributed by atoms with Crippen LogP contribution in [0.5, 0.6) is 0 Å². The summed E-state index contributed by atoms with van der Waals surface area (Å²) in [5.41, 5.74) is 0. The molecule has 0 aliphatic carbocycles. The highest BCUT2D eigenvalue weighted by Crippen LogP contribution is 2.34. The summed E-state index contributed by atoms with van der Waals surface area (Å²) in [7, 11) is 0. The van der Waals surface area contributed by atoms with Crippen molar-refractivity contribution >= 4 is 0 Å². The minimum atomic E-state index is -0.872. The quantitative estimate of drug-likeness (QED) is 0.369. The zero-order chi connectivity index (χ0) is 20.1. The van der Waals surface area contributed by atoms with E-state index in [0.717, 1.165) is 51.5 Å². The second kappa shape index (κ2) is 10.2. The van der Waals surface area contributed by atoms with Crippen LogP contribution in [0.3, 0.4) is 0 Å². The van der Waals surface area contributed by atoms with E-state index in [1.54, 1.807) is 0 Å². The van der Waals surface area contributed by atoms with Crippen LogP contribution in [0.4, 0.5) is 0 Å². The lowest BCUT2D eigenvalue weighted by Gasteiger charge is -2.30. The van der Waals surface area contributed by atoms with Gasteiger partial charge >= 0.3 is 0 Å². The van der Waals surface area contributed by atoms with Crippen molar-refractivity contribution in [2.24, 2.45) is 0 Å². The summed E-state index contributed by atoms with van der Waals surface area (Å²) in [6.45, 7) is 4.95. The van der Waals surface area contributed by atoms with E-state index in [4.69, 9.17) is 9.47 Å². The molecule has 7 atom stereocenters. The smallest absolute Gasteiger partial charge is 0.163 e. The molecule has 0 aromatic rings. The number of hydrogen-bond donors (Lipinski definition) is 5. The van der Waals surface area contributed by atoms with Gasteiger partial charge in [-0.3, -0.25) is 0 Å². The lowest BCUT2D eigenvalue weighted by Crippen LogP contribution is -2.47. The molecule has 3 saturated heterocycles. The van der Waals surface area contributed by atoms with Crippen molar-refractivity contribution in [3.05, 3.63) is 0 Å². The van der Waals surface area contributed by atoms with Crippen LogP contribution in [0.15, 0.2) is 0 Å². The van der Waals surface area contributed by atoms with Gasteiger partial charge in [0.05, 0.1) is 31.0 Å². The molecule has 3 rings (SSSR count). The van der Waals surface area contributed by atoms with Crippen molar-refractivity contribution in [3.8, 4) is 0 Å². The fourth-order valence-electron chi connectivity index (χ4n) is 5.01. The van der Waals surface area contributed by atoms with E-state index in [0.29, 0.717) is 6.04 Å². The third-order valence-electron chi connectivity index (χ3n) is 6.52. The average Bonchev–Trinajstić information content (AvgIpc) is 3.15. The first-order chi connectivity index (χ1) is 13.4. The van der Waals surface area contributed by atoms with E-state index >= 15 is 0 Å². The van der Waals surface area contributed by atoms with Gasteiger partial charge in [0.1, 0.15) is 6.10 Å². The van der Waals surface area contributed by atoms with Gasteiger partial charge < -0.3 is 35.4 Å². The first-order valence-corrected chi connectivity index (χ1v) is 11.2. The number of unbranched alkanes of at least 4 members (excludes halogenated alkanes) is 3. The second-order valence-electron chi connectivity index (χ2n) is 9.23. The standard InChI is InChI=1S/C21H40N2O5/c1-21(2)27-17(20(28-21)15-10-7-8-12-22-15)11-6-4-3-5-9-14-18(25)19(26)16(13-24)23-14/h14-20,22-26H,3-13H2,1-2H3/t14-,15-,16-,17+,18-,19-,20+/m1/s1. The molecule has 7 heteroatoms. The normalized spacial score (nSPS) is 40.8. The van der Waals surface area contributed by atoms with Gasteiger partial charge in [0.25, 0.3) is 0 Å². The molecule has 3 heterocycles. The van der Waals surface area contributed by atoms with Gasteiger partial charge in [-0.25, -0.2) is 0 Å². The van der Waals surface area contributed by atoms with Crippen molar-refractivity contribution in [1.82, 2.24) is 10.6 Å². The maximum Gasteiger partial charge on any atom is 0.163 e. The molecule has 0 aromatic carbocycles. The van der Waals surface area contributed by atoms with E-state index < -0.39 is 24.0 Å². The van der Waals surface area contributed by atoms with Crippen LogP contribution in [0.1, 0.15) is 71.6 Å². The Labute approximate surface area is 169 Å². The lowest BCUT2D eigenvalue weighted by molar-refractivity contribution is -0.149. The van der Waals surface area contributed by atoms with E-state index in [1.807, 2.05) is 13.8 Å². The highest BCUT2D eigenvalue weighted by atomic mass is 16.8. The molecule has 7 nitrogen and oxygen atoms in total. The lowest BCUT2D eigenvalue weighted by atomic mass is 9.93. The van der Waals surface area contributed by atoms with Gasteiger partial charge in [-0.05, 0) is 46.1 Å². The molecule has 3 aliphatic heterocycles. The summed E-state index contributed by atoms with van der Waals surface area (Å²) < 4.78 is 12.4. The number of hydrogen-bond acceptors (Lipinski definition) is 7. The predicted molar refractivity (Wildman–Crippen MR) is 107 cm³/mol. The fourth-order valence-corrected chi connectivity index (χ4v) is 5.01. The monoisotopic (exact) mass is 400 g/mol. The molecule has 164 valence electrons. The molecule has 0 radical (unpaired) electrons. The number of piperidine rings is 1. The molecule has 0 amide bonds. The van der Waals surface area contributed by atoms with Crippen LogP contribution in [-0.2, 0) is 9.47 Å². The second-order valence-corrected chi connectivity index (χ2v) is 9.23. The molecule has 28 heavy (non-hydrogen) atoms. The van der Waals surface area contributed by atoms with Crippen LogP contribution in [0.2, 0.25) is 0 Å². The summed E-state index contributed by atoms with van der Waals surface area (Å²) in [6.07, 6.45) is 8.48. The molecular weight excluding hydrogens is 360 g/mol. The third-order valence-corrected chi connectivity index (χ3v) is 6.52. The molecule has 0 bridgehead atoms. The van der Waals surface area contributed by atoms with Crippen molar-refractivity contribution in [2.45, 2.75) is 120 Å². The largest absolute Gasteiger partial charge is 0.395 e. The number of nitrogens with one attached hydrogen (secondary N) is 2. The SMILES string of the molecule is CC1(C)O[C@@H]([C@H]2CCCCN2)[C@H](CCCCCC[C@H]2N[C@H](CO)[C@@H](O)[C@@H]2O)O1. The van der Waals surface area contributed by atoms with Crippen molar-refractivity contribution in [2.75, 3.05) is 13.2 Å². The number of aliphatic hydroxyl groups excluding tert-OH is 3. The van der Waals surface area contributed by atoms with Crippen LogP contribution < -0.4 is 10.6 Å². The van der Waals surface area contributed by atoms with Crippen LogP contribution >= 0.6 is 0 Å². The molecule has 0 unspecified atom stereocenters. The number of rotatable bonds is 9. The minimum absolute atomic E-state index is 0.124. The first-order valence-electron chi connectivity index (χ1n) is 11.2. The van der Waals surface area contributed by atoms with Crippen molar-refractivity contribution in [1.29, 1.82) is 0 Å². The van der Waals surface area contributed by atoms with E-state index in [9.17, 15) is 15.3 Å². The van der Waals surface area contributed by atoms with Crippen LogP contribution in [0.25, 0.3) is 0 Å². The third kappa shape index (κ3) is 5.65. The Bertz CT molecular complexity index is 472. The molecule has 0 saturated carbocycles. The molecule has 3 fully saturated rings. The van der Waals surface area contributed by atoms with E-state index in [-0.39, 0.29) is 24.9 Å². The first kappa shape index (κ1) is 22.4. The average molecular weight is 401 g/mol. The van der Waals surface area contributed by atoms with Crippen LogP contribution in [0, 0.1) is 0 Å². The topological polar surface area (TPSA) is 103 Å². The summed E-state index contributed by atoms with van der Waals surface area (Å²) in [5, 5.41) is 35.9. The maximum atomic E-state index is 10.0. The van der Waals surface area contributed by atoms with E-state index in [1.165, 1.54) is 12.8 Å². The fraction of sp³-hybridized carbons (Fsp3) is 1.00. The van der Waals surface area contributed by atoms with Crippen molar-refractivity contribution in [3.63, 3.8) is 0 Å². The van der Waals surface area contributed by atoms with Crippen molar-refractivity contribution < 1.29 is 24.8 Å². The van der Waals surface area contributed by atoms with Gasteiger partial charge in [0.2, 0.25) is 0 Å². The maximum absolute atomic E-state index is 10.0. The Hall–Kier alpha value is -0.280. The zero-order valence-electron chi connectivity index (χ0n) is 17.5. The Morgan fingerprint density at radius 3 is 2.29 bits per heavy atom. The van der Waals surface area contributed by atoms with Gasteiger partial charge in [-0.2, -0.15) is 0 Å². The predicted octanol–water partition coefficient (Wildman–Crippen LogP) is 1.04.